The average molecular weight is 361 g/mol. The maximum Gasteiger partial charge on any atom is 0.252 e. The lowest BCUT2D eigenvalue weighted by atomic mass is 10.0. The normalized spacial score (nSPS) is 12.2. The number of rotatable bonds is 6. The molecular formula is C23H27N3O. The van der Waals surface area contributed by atoms with Crippen LogP contribution in [0.1, 0.15) is 56.0 Å². The molecule has 0 saturated heterocycles. The number of hydrogen-bond acceptors (Lipinski definition) is 3. The predicted molar refractivity (Wildman–Crippen MR) is 113 cm³/mol. The van der Waals surface area contributed by atoms with Gasteiger partial charge in [-0.15, -0.1) is 0 Å². The Bertz CT molecular complexity index is 932. The number of aromatic nitrogens is 1. The topological polar surface area (TPSA) is 54.0 Å². The summed E-state index contributed by atoms with van der Waals surface area (Å²) in [6, 6.07) is 18.0. The van der Waals surface area contributed by atoms with E-state index in [4.69, 9.17) is 0 Å². The fraction of sp³-hybridized carbons (Fsp3) is 0.304. The molecule has 0 aliphatic rings. The van der Waals surface area contributed by atoms with Gasteiger partial charge in [0.25, 0.3) is 5.91 Å². The van der Waals surface area contributed by atoms with E-state index in [2.05, 4.69) is 48.5 Å². The van der Waals surface area contributed by atoms with E-state index in [-0.39, 0.29) is 11.9 Å². The lowest BCUT2D eigenvalue weighted by Gasteiger charge is -2.15. The largest absolute Gasteiger partial charge is 0.350 e. The van der Waals surface area contributed by atoms with E-state index in [1.807, 2.05) is 49.4 Å². The van der Waals surface area contributed by atoms with Gasteiger partial charge < -0.3 is 10.6 Å². The van der Waals surface area contributed by atoms with Crippen LogP contribution in [0.5, 0.6) is 0 Å². The molecule has 2 N–H and O–H groups in total. The molecule has 0 fully saturated rings. The van der Waals surface area contributed by atoms with Crippen LogP contribution in [0.25, 0.3) is 10.9 Å². The number of nitrogens with zero attached hydrogens (tertiary/aromatic N) is 1. The van der Waals surface area contributed by atoms with Crippen molar-refractivity contribution in [2.45, 2.75) is 46.1 Å². The van der Waals surface area contributed by atoms with E-state index in [0.717, 1.165) is 23.0 Å². The van der Waals surface area contributed by atoms with E-state index >= 15 is 0 Å². The fourth-order valence-electron chi connectivity index (χ4n) is 2.93. The van der Waals surface area contributed by atoms with Gasteiger partial charge in [-0.25, -0.2) is 4.98 Å². The molecule has 140 valence electrons. The van der Waals surface area contributed by atoms with Gasteiger partial charge in [0.1, 0.15) is 5.82 Å². The maximum absolute atomic E-state index is 12.8. The van der Waals surface area contributed by atoms with Crippen LogP contribution in [0.15, 0.2) is 54.6 Å². The molecule has 0 aliphatic carbocycles. The minimum Gasteiger partial charge on any atom is -0.350 e. The van der Waals surface area contributed by atoms with Crippen molar-refractivity contribution in [2.24, 2.45) is 0 Å². The van der Waals surface area contributed by atoms with Gasteiger partial charge in [0.15, 0.2) is 0 Å². The third-order valence-electron chi connectivity index (χ3n) is 4.80. The lowest BCUT2D eigenvalue weighted by Crippen LogP contribution is -2.32. The van der Waals surface area contributed by atoms with Crippen molar-refractivity contribution < 1.29 is 4.79 Å². The summed E-state index contributed by atoms with van der Waals surface area (Å²) < 4.78 is 0. The molecule has 1 atom stereocenters. The molecule has 1 heterocycles. The molecule has 2 aromatic carbocycles. The number of benzene rings is 2. The third-order valence-corrected chi connectivity index (χ3v) is 4.80. The zero-order valence-electron chi connectivity index (χ0n) is 16.4. The summed E-state index contributed by atoms with van der Waals surface area (Å²) in [5.74, 6) is 1.09. The van der Waals surface area contributed by atoms with Crippen LogP contribution in [0, 0.1) is 0 Å². The standard InChI is InChI=1S/C23H27N3O/c1-5-16(4)24-23(27)20-14-22(26-21-9-7-6-8-19(20)21)25-18-12-10-17(11-13-18)15(2)3/h6-16H,5H2,1-4H3,(H,24,27)(H,25,26)/t16-/m0/s1. The SMILES string of the molecule is CC[C@H](C)NC(=O)c1cc(Nc2ccc(C(C)C)cc2)nc2ccccc12. The smallest absolute Gasteiger partial charge is 0.252 e. The van der Waals surface area contributed by atoms with Crippen LogP contribution in [-0.2, 0) is 0 Å². The van der Waals surface area contributed by atoms with E-state index in [1.54, 1.807) is 0 Å². The zero-order valence-corrected chi connectivity index (χ0v) is 16.4. The lowest BCUT2D eigenvalue weighted by molar-refractivity contribution is 0.0941. The van der Waals surface area contributed by atoms with Gasteiger partial charge in [0.2, 0.25) is 0 Å². The number of anilines is 2. The molecular weight excluding hydrogens is 334 g/mol. The van der Waals surface area contributed by atoms with Crippen molar-refractivity contribution in [3.05, 3.63) is 65.7 Å². The molecule has 1 aromatic heterocycles. The second-order valence-corrected chi connectivity index (χ2v) is 7.26. The highest BCUT2D eigenvalue weighted by Gasteiger charge is 2.14. The minimum absolute atomic E-state index is 0.0684. The first-order valence-electron chi connectivity index (χ1n) is 9.55. The zero-order chi connectivity index (χ0) is 19.4. The number of nitrogens with one attached hydrogen (secondary N) is 2. The van der Waals surface area contributed by atoms with Crippen molar-refractivity contribution in [1.82, 2.24) is 10.3 Å². The number of hydrogen-bond donors (Lipinski definition) is 2. The Morgan fingerprint density at radius 2 is 1.74 bits per heavy atom. The number of carbonyl (C=O) groups is 1. The van der Waals surface area contributed by atoms with Crippen molar-refractivity contribution >= 4 is 28.3 Å². The second kappa shape index (κ2) is 8.21. The molecule has 4 heteroatoms. The first-order chi connectivity index (χ1) is 13.0. The van der Waals surface area contributed by atoms with Crippen LogP contribution in [0.2, 0.25) is 0 Å². The number of amides is 1. The van der Waals surface area contributed by atoms with Crippen LogP contribution in [0.3, 0.4) is 0 Å². The molecule has 0 spiro atoms. The summed E-state index contributed by atoms with van der Waals surface area (Å²) in [7, 11) is 0. The highest BCUT2D eigenvalue weighted by atomic mass is 16.1. The second-order valence-electron chi connectivity index (χ2n) is 7.26. The molecule has 0 aliphatic heterocycles. The third kappa shape index (κ3) is 4.45. The summed E-state index contributed by atoms with van der Waals surface area (Å²) in [5.41, 5.74) is 3.69. The summed E-state index contributed by atoms with van der Waals surface area (Å²) >= 11 is 0. The highest BCUT2D eigenvalue weighted by Crippen LogP contribution is 2.24. The van der Waals surface area contributed by atoms with Crippen molar-refractivity contribution in [3.63, 3.8) is 0 Å². The van der Waals surface area contributed by atoms with Gasteiger partial charge in [-0.3, -0.25) is 4.79 Å². The van der Waals surface area contributed by atoms with E-state index in [0.29, 0.717) is 17.3 Å². The fourth-order valence-corrected chi connectivity index (χ4v) is 2.93. The van der Waals surface area contributed by atoms with Crippen molar-refractivity contribution in [1.29, 1.82) is 0 Å². The molecule has 0 saturated carbocycles. The Hall–Kier alpha value is -2.88. The van der Waals surface area contributed by atoms with Gasteiger partial charge in [-0.2, -0.15) is 0 Å². The van der Waals surface area contributed by atoms with E-state index < -0.39 is 0 Å². The molecule has 3 rings (SSSR count). The van der Waals surface area contributed by atoms with Crippen molar-refractivity contribution in [3.8, 4) is 0 Å². The molecule has 0 unspecified atom stereocenters. The summed E-state index contributed by atoms with van der Waals surface area (Å²) in [6.07, 6.45) is 0.891. The maximum atomic E-state index is 12.8. The first-order valence-corrected chi connectivity index (χ1v) is 9.55. The van der Waals surface area contributed by atoms with Gasteiger partial charge in [0, 0.05) is 17.1 Å². The van der Waals surface area contributed by atoms with Crippen LogP contribution >= 0.6 is 0 Å². The molecule has 1 amide bonds. The Morgan fingerprint density at radius 3 is 2.41 bits per heavy atom. The van der Waals surface area contributed by atoms with Crippen molar-refractivity contribution in [2.75, 3.05) is 5.32 Å². The Balaban J connectivity index is 1.95. The molecule has 27 heavy (non-hydrogen) atoms. The Kier molecular flexibility index (Phi) is 5.75. The average Bonchev–Trinajstić information content (AvgIpc) is 2.67. The van der Waals surface area contributed by atoms with Crippen LogP contribution in [-0.4, -0.2) is 16.9 Å². The van der Waals surface area contributed by atoms with Gasteiger partial charge in [-0.1, -0.05) is 51.1 Å². The van der Waals surface area contributed by atoms with Gasteiger partial charge in [-0.05, 0) is 49.1 Å². The summed E-state index contributed by atoms with van der Waals surface area (Å²) in [5, 5.41) is 7.25. The number of carbonyl (C=O) groups excluding carboxylic acids is 1. The van der Waals surface area contributed by atoms with E-state index in [1.165, 1.54) is 5.56 Å². The Labute approximate surface area is 161 Å². The molecule has 0 bridgehead atoms. The Morgan fingerprint density at radius 1 is 1.04 bits per heavy atom. The van der Waals surface area contributed by atoms with Crippen LogP contribution < -0.4 is 10.6 Å². The predicted octanol–water partition coefficient (Wildman–Crippen LogP) is 5.63. The number of pyridine rings is 1. The molecule has 4 nitrogen and oxygen atoms in total. The molecule has 3 aromatic rings. The van der Waals surface area contributed by atoms with Gasteiger partial charge >= 0.3 is 0 Å². The van der Waals surface area contributed by atoms with E-state index in [9.17, 15) is 4.79 Å². The highest BCUT2D eigenvalue weighted by molar-refractivity contribution is 6.07. The van der Waals surface area contributed by atoms with Gasteiger partial charge in [0.05, 0.1) is 11.1 Å². The summed E-state index contributed by atoms with van der Waals surface area (Å²) in [4.78, 5) is 17.5. The quantitative estimate of drug-likeness (QED) is 0.598. The monoisotopic (exact) mass is 361 g/mol. The first kappa shape index (κ1) is 18.9. The number of fused-ring (bicyclic) bond motifs is 1. The van der Waals surface area contributed by atoms with Crippen LogP contribution in [0.4, 0.5) is 11.5 Å². The summed E-state index contributed by atoms with van der Waals surface area (Å²) in [6.45, 7) is 8.42. The minimum atomic E-state index is -0.0684. The number of para-hydroxylation sites is 1. The molecule has 0 radical (unpaired) electrons.